The van der Waals surface area contributed by atoms with Crippen molar-refractivity contribution in [3.63, 3.8) is 0 Å². The molecule has 0 aromatic heterocycles. The van der Waals surface area contributed by atoms with E-state index >= 15 is 0 Å². The minimum Gasteiger partial charge on any atom is -0.502 e. The van der Waals surface area contributed by atoms with Crippen LogP contribution in [0.1, 0.15) is 81.8 Å². The number of carbonyl (C=O) groups is 7. The first kappa shape index (κ1) is 64.4. The Balaban J connectivity index is 1.19. The number of aliphatic hydroxyl groups is 8. The van der Waals surface area contributed by atoms with Crippen LogP contribution in [0.5, 0.6) is 11.5 Å². The maximum atomic E-state index is 14.5. The third kappa shape index (κ3) is 15.2. The first-order valence-corrected chi connectivity index (χ1v) is 27.8. The minimum atomic E-state index is -2.53. The monoisotopic (exact) mass is 1180 g/mol. The van der Waals surface area contributed by atoms with Crippen molar-refractivity contribution in [1.29, 1.82) is 0 Å². The molecule has 3 heterocycles. The number of aromatic hydroxyl groups is 1. The zero-order valence-electron chi connectivity index (χ0n) is 46.9. The van der Waals surface area contributed by atoms with Crippen molar-refractivity contribution in [2.45, 2.75) is 145 Å². The van der Waals surface area contributed by atoms with Gasteiger partial charge in [-0.2, -0.15) is 0 Å². The summed E-state index contributed by atoms with van der Waals surface area (Å²) in [5, 5.41) is 123. The van der Waals surface area contributed by atoms with E-state index in [-0.39, 0.29) is 5.56 Å². The number of hydrogen-bond acceptors (Lipinski definition) is 19. The van der Waals surface area contributed by atoms with Crippen LogP contribution in [0.2, 0.25) is 0 Å². The second-order valence-corrected chi connectivity index (χ2v) is 21.7. The zero-order chi connectivity index (χ0) is 62.1. The molecule has 0 bridgehead atoms. The van der Waals surface area contributed by atoms with Gasteiger partial charge in [-0.05, 0) is 78.4 Å². The van der Waals surface area contributed by atoms with E-state index in [4.69, 9.17) is 4.74 Å². The predicted octanol–water partition coefficient (Wildman–Crippen LogP) is -1.02. The molecule has 3 aliphatic rings. The molecular formula is C58H72N8O19. The van der Waals surface area contributed by atoms with Crippen molar-refractivity contribution in [2.75, 3.05) is 19.7 Å². The van der Waals surface area contributed by atoms with E-state index in [9.17, 15) is 89.6 Å². The Morgan fingerprint density at radius 1 is 0.694 bits per heavy atom. The van der Waals surface area contributed by atoms with Gasteiger partial charge in [-0.15, -0.1) is 0 Å². The van der Waals surface area contributed by atoms with Crippen molar-refractivity contribution in [3.8, 4) is 33.8 Å². The zero-order valence-corrected chi connectivity index (χ0v) is 46.9. The number of rotatable bonds is 15. The summed E-state index contributed by atoms with van der Waals surface area (Å²) in [6.45, 7) is 5.20. The molecule has 7 amide bonds. The number of amides is 7. The van der Waals surface area contributed by atoms with Crippen LogP contribution in [0.3, 0.4) is 0 Å². The molecule has 15 atom stereocenters. The highest BCUT2D eigenvalue weighted by Crippen LogP contribution is 2.33. The summed E-state index contributed by atoms with van der Waals surface area (Å²) in [4.78, 5) is 112. The van der Waals surface area contributed by atoms with Crippen LogP contribution in [-0.2, 0) is 28.8 Å². The molecule has 85 heavy (non-hydrogen) atoms. The van der Waals surface area contributed by atoms with Gasteiger partial charge in [0.1, 0.15) is 60.3 Å². The molecule has 4 aromatic rings. The maximum absolute atomic E-state index is 14.5. The normalized spacial score (nSPS) is 26.9. The second-order valence-electron chi connectivity index (χ2n) is 21.7. The third-order valence-corrected chi connectivity index (χ3v) is 15.3. The molecule has 27 heteroatoms. The van der Waals surface area contributed by atoms with E-state index in [0.717, 1.165) is 72.6 Å². The van der Waals surface area contributed by atoms with Crippen LogP contribution < -0.4 is 31.3 Å². The van der Waals surface area contributed by atoms with Crippen LogP contribution in [0.25, 0.3) is 22.3 Å². The van der Waals surface area contributed by atoms with Gasteiger partial charge < -0.3 is 87.1 Å². The van der Waals surface area contributed by atoms with E-state index in [1.165, 1.54) is 19.1 Å². The number of aliphatic hydroxyl groups excluding tert-OH is 8. The lowest BCUT2D eigenvalue weighted by molar-refractivity contribution is -0.386. The molecule has 0 unspecified atom stereocenters. The Morgan fingerprint density at radius 2 is 1.24 bits per heavy atom. The maximum Gasteiger partial charge on any atom is 0.311 e. The fourth-order valence-electron chi connectivity index (χ4n) is 10.4. The number of hydrogen-bond donors (Lipinski definition) is 14. The number of benzene rings is 4. The van der Waals surface area contributed by atoms with Gasteiger partial charge in [0.2, 0.25) is 35.4 Å². The predicted molar refractivity (Wildman–Crippen MR) is 300 cm³/mol. The van der Waals surface area contributed by atoms with Crippen LogP contribution in [0.15, 0.2) is 91.0 Å². The lowest BCUT2D eigenvalue weighted by Crippen LogP contribution is -2.64. The molecule has 3 fully saturated rings. The SMILES string of the molecule is CCCCCOc1ccc(-c2ccc(-c3ccc(C(=O)N[C@H]4C[C@@H](O)[C@@H](O)NC(=O)[C@@H]5[C@@H](O)[C@@H](C)CN5C(=O)[C@H]([C@@H](C)O)NC(=O)[C@H]([C@H](O)[C@@H](O)c5ccc(O)c([N+](=O)[O-])c5)NC(=O)[C@@H]5C[C@@H](O)CN5C(=O)[C@H]([C@@H](C)O)NC4=O)cc3)cc2)cc1. The lowest BCUT2D eigenvalue weighted by atomic mass is 9.96. The van der Waals surface area contributed by atoms with Crippen LogP contribution in [0, 0.1) is 16.0 Å². The van der Waals surface area contributed by atoms with E-state index in [1.54, 1.807) is 12.1 Å². The average molecular weight is 1190 g/mol. The molecule has 7 rings (SSSR count). The Labute approximate surface area is 487 Å². The van der Waals surface area contributed by atoms with Crippen molar-refractivity contribution >= 4 is 47.0 Å². The molecule has 3 aliphatic heterocycles. The van der Waals surface area contributed by atoms with Gasteiger partial charge in [0.25, 0.3) is 5.91 Å². The summed E-state index contributed by atoms with van der Waals surface area (Å²) >= 11 is 0. The highest BCUT2D eigenvalue weighted by Gasteiger charge is 2.50. The van der Waals surface area contributed by atoms with Gasteiger partial charge >= 0.3 is 5.69 Å². The number of nitrogens with zero attached hydrogens (tertiary/aromatic N) is 3. The number of nitro groups is 1. The number of unbranched alkanes of at least 4 members (excludes halogenated alkanes) is 2. The van der Waals surface area contributed by atoms with Crippen molar-refractivity contribution in [3.05, 3.63) is 112 Å². The number of fused-ring (bicyclic) bond motifs is 2. The molecule has 14 N–H and O–H groups in total. The summed E-state index contributed by atoms with van der Waals surface area (Å²) in [7, 11) is 0. The fraction of sp³-hybridized carbons (Fsp3) is 0.466. The van der Waals surface area contributed by atoms with Crippen LogP contribution in [0.4, 0.5) is 5.69 Å². The molecule has 0 aliphatic carbocycles. The Hall–Kier alpha value is -8.15. The highest BCUT2D eigenvalue weighted by atomic mass is 16.6. The standard InChI is InChI=1S/C58H72N8O19/c1-5-6-7-22-85-38-19-16-34(17-20-38)32-10-8-31(9-11-32)33-12-14-35(15-13-33)51(75)59-39-25-43(71)54(78)63-56(80)47-48(72)28(2)26-65(47)58(82)45(30(4)68)61-55(79)46(50(74)49(73)36-18-21-42(70)40(23-36)66(83)84)62-53(77)41-24-37(69)27-64(41)57(81)44(29(3)67)60-52(39)76/h8-21,23,28-30,37,39,41,43-50,54,67-74,78H,5-7,22,24-27H2,1-4H3,(H,59,75)(H,60,76)(H,61,79)(H,62,77)(H,63,80)/t28-,29+,30+,37+,39-,41-,43+,44-,45-,46-,47-,48-,49-,50-,54+/m0/s1. The first-order valence-electron chi connectivity index (χ1n) is 27.8. The third-order valence-electron chi connectivity index (χ3n) is 15.3. The summed E-state index contributed by atoms with van der Waals surface area (Å²) in [6.07, 6.45) is -14.6. The number of nitrogens with one attached hydrogen (secondary N) is 5. The molecule has 4 aromatic carbocycles. The molecule has 0 radical (unpaired) electrons. The van der Waals surface area contributed by atoms with E-state index < -0.39 is 180 Å². The van der Waals surface area contributed by atoms with E-state index in [0.29, 0.717) is 23.1 Å². The second kappa shape index (κ2) is 28.2. The van der Waals surface area contributed by atoms with Gasteiger partial charge in [-0.25, -0.2) is 0 Å². The fourth-order valence-corrected chi connectivity index (χ4v) is 10.4. The first-order chi connectivity index (χ1) is 40.3. The molecule has 0 saturated carbocycles. The molecule has 3 saturated heterocycles. The Kier molecular flexibility index (Phi) is 21.3. The summed E-state index contributed by atoms with van der Waals surface area (Å²) < 4.78 is 5.84. The molecule has 458 valence electrons. The number of carbonyl (C=O) groups excluding carboxylic acids is 7. The van der Waals surface area contributed by atoms with Gasteiger partial charge in [0.05, 0.1) is 35.9 Å². The largest absolute Gasteiger partial charge is 0.502 e. The smallest absolute Gasteiger partial charge is 0.311 e. The summed E-state index contributed by atoms with van der Waals surface area (Å²) in [5.41, 5.74) is 1.92. The topological polar surface area (TPSA) is 421 Å². The number of phenols is 1. The highest BCUT2D eigenvalue weighted by molar-refractivity contribution is 6.00. The Bertz CT molecular complexity index is 3060. The quantitative estimate of drug-likeness (QED) is 0.0385. The van der Waals surface area contributed by atoms with Crippen molar-refractivity contribution in [2.24, 2.45) is 5.92 Å². The number of ether oxygens (including phenoxy) is 1. The summed E-state index contributed by atoms with van der Waals surface area (Å²) in [5.74, 6) is -9.85. The van der Waals surface area contributed by atoms with Gasteiger partial charge in [0.15, 0.2) is 12.0 Å². The average Bonchev–Trinajstić information content (AvgIpc) is 2.24. The summed E-state index contributed by atoms with van der Waals surface area (Å²) in [6, 6.07) is 11.7. The van der Waals surface area contributed by atoms with Gasteiger partial charge in [0, 0.05) is 43.5 Å². The molecule has 0 spiro atoms. The Morgan fingerprint density at radius 3 is 1.80 bits per heavy atom. The van der Waals surface area contributed by atoms with E-state index in [2.05, 4.69) is 33.5 Å². The van der Waals surface area contributed by atoms with Gasteiger partial charge in [-0.3, -0.25) is 43.7 Å². The van der Waals surface area contributed by atoms with Crippen molar-refractivity contribution in [1.82, 2.24) is 36.4 Å². The number of phenolic OH excluding ortho intramolecular Hbond substituents is 1. The van der Waals surface area contributed by atoms with Gasteiger partial charge in [-0.1, -0.05) is 81.3 Å². The molecular weight excluding hydrogens is 1110 g/mol. The lowest BCUT2D eigenvalue weighted by Gasteiger charge is -2.34. The number of nitro benzene ring substituents is 1. The van der Waals surface area contributed by atoms with E-state index in [1.807, 2.05) is 48.5 Å². The van der Waals surface area contributed by atoms with Crippen LogP contribution >= 0.6 is 0 Å². The minimum absolute atomic E-state index is 0.0168. The van der Waals surface area contributed by atoms with Crippen molar-refractivity contribution < 1.29 is 89.2 Å². The van der Waals surface area contributed by atoms with Crippen LogP contribution in [-0.4, -0.2) is 201 Å². The molecule has 27 nitrogen and oxygen atoms in total.